The molecule has 0 amide bonds. The molecule has 2 rings (SSSR count). The van der Waals surface area contributed by atoms with Crippen molar-refractivity contribution in [3.8, 4) is 0 Å². The summed E-state index contributed by atoms with van der Waals surface area (Å²) in [6, 6.07) is 0. The summed E-state index contributed by atoms with van der Waals surface area (Å²) in [5.41, 5.74) is 5.80. The van der Waals surface area contributed by atoms with E-state index >= 15 is 0 Å². The van der Waals surface area contributed by atoms with Gasteiger partial charge in [0.15, 0.2) is 5.82 Å². The van der Waals surface area contributed by atoms with Gasteiger partial charge in [-0.1, -0.05) is 6.92 Å². The average molecular weight is 288 g/mol. The van der Waals surface area contributed by atoms with Crippen LogP contribution in [0.4, 0.5) is 10.8 Å². The van der Waals surface area contributed by atoms with Crippen LogP contribution >= 0.6 is 23.3 Å². The predicted octanol–water partition coefficient (Wildman–Crippen LogP) is 1.58. The van der Waals surface area contributed by atoms with Crippen LogP contribution in [0.2, 0.25) is 0 Å². The summed E-state index contributed by atoms with van der Waals surface area (Å²) in [4.78, 5) is 3.45. The molecule has 0 bridgehead atoms. The topological polar surface area (TPSA) is 63.4 Å². The van der Waals surface area contributed by atoms with E-state index in [1.807, 2.05) is 6.26 Å². The molecule has 1 aromatic rings. The molecule has 3 N–H and O–H groups in total. The fourth-order valence-electron chi connectivity index (χ4n) is 2.00. The van der Waals surface area contributed by atoms with E-state index in [4.69, 9.17) is 10.5 Å². The average Bonchev–Trinajstić information content (AvgIpc) is 2.77. The van der Waals surface area contributed by atoms with Crippen LogP contribution in [0.15, 0.2) is 4.90 Å². The molecule has 0 spiro atoms. The van der Waals surface area contributed by atoms with Crippen LogP contribution in [-0.2, 0) is 4.74 Å². The highest BCUT2D eigenvalue weighted by molar-refractivity contribution is 7.99. The number of nitrogens with two attached hydrogens (primary N) is 1. The lowest BCUT2D eigenvalue weighted by Gasteiger charge is -2.32. The Morgan fingerprint density at radius 2 is 2.50 bits per heavy atom. The van der Waals surface area contributed by atoms with E-state index in [0.29, 0.717) is 5.82 Å². The standard InChI is InChI=1S/C11H20N4OS2/c1-3-15-4-5-16-8(7-15)6-13-11-9(17-2)10(12)14-18-11/h8,13H,3-7H2,1-2H3,(H2,12,14). The van der Waals surface area contributed by atoms with Gasteiger partial charge in [-0.2, -0.15) is 4.37 Å². The Labute approximate surface area is 116 Å². The zero-order chi connectivity index (χ0) is 13.0. The zero-order valence-electron chi connectivity index (χ0n) is 10.8. The first-order valence-corrected chi connectivity index (χ1v) is 8.11. The summed E-state index contributed by atoms with van der Waals surface area (Å²) in [7, 11) is 0. The molecule has 1 fully saturated rings. The Kier molecular flexibility index (Phi) is 5.11. The van der Waals surface area contributed by atoms with Crippen molar-refractivity contribution in [2.45, 2.75) is 17.9 Å². The van der Waals surface area contributed by atoms with Crippen LogP contribution in [0.1, 0.15) is 6.92 Å². The summed E-state index contributed by atoms with van der Waals surface area (Å²) >= 11 is 3.05. The van der Waals surface area contributed by atoms with E-state index in [1.165, 1.54) is 11.5 Å². The minimum absolute atomic E-state index is 0.247. The Hall–Kier alpha value is -0.500. The van der Waals surface area contributed by atoms with Gasteiger partial charge in [0.25, 0.3) is 0 Å². The van der Waals surface area contributed by atoms with Crippen LogP contribution in [0, 0.1) is 0 Å². The lowest BCUT2D eigenvalue weighted by Crippen LogP contribution is -2.45. The molecule has 1 unspecified atom stereocenters. The highest BCUT2D eigenvalue weighted by Gasteiger charge is 2.20. The summed E-state index contributed by atoms with van der Waals surface area (Å²) in [5.74, 6) is 0.620. The smallest absolute Gasteiger partial charge is 0.153 e. The van der Waals surface area contributed by atoms with Crippen molar-refractivity contribution in [3.63, 3.8) is 0 Å². The van der Waals surface area contributed by atoms with Crippen LogP contribution in [0.25, 0.3) is 0 Å². The first-order chi connectivity index (χ1) is 8.74. The maximum atomic E-state index is 5.80. The third-order valence-electron chi connectivity index (χ3n) is 3.04. The molecule has 0 saturated carbocycles. The first-order valence-electron chi connectivity index (χ1n) is 6.11. The minimum Gasteiger partial charge on any atom is -0.382 e. The number of ether oxygens (including phenoxy) is 1. The molecule has 0 radical (unpaired) electrons. The fraction of sp³-hybridized carbons (Fsp3) is 0.727. The minimum atomic E-state index is 0.247. The number of hydrogen-bond acceptors (Lipinski definition) is 7. The number of nitrogens with one attached hydrogen (secondary N) is 1. The highest BCUT2D eigenvalue weighted by atomic mass is 32.2. The Balaban J connectivity index is 1.87. The lowest BCUT2D eigenvalue weighted by molar-refractivity contribution is -0.0191. The number of morpholine rings is 1. The number of rotatable bonds is 5. The van der Waals surface area contributed by atoms with Crippen molar-refractivity contribution in [2.24, 2.45) is 0 Å². The first kappa shape index (κ1) is 13.9. The predicted molar refractivity (Wildman–Crippen MR) is 78.7 cm³/mol. The van der Waals surface area contributed by atoms with Crippen molar-refractivity contribution in [1.82, 2.24) is 9.27 Å². The summed E-state index contributed by atoms with van der Waals surface area (Å²) < 4.78 is 9.92. The number of hydrogen-bond donors (Lipinski definition) is 2. The lowest BCUT2D eigenvalue weighted by atomic mass is 10.2. The number of aromatic nitrogens is 1. The second kappa shape index (κ2) is 6.60. The number of anilines is 2. The third kappa shape index (κ3) is 3.28. The van der Waals surface area contributed by atoms with Crippen LogP contribution in [-0.4, -0.2) is 54.4 Å². The van der Waals surface area contributed by atoms with E-state index in [-0.39, 0.29) is 6.10 Å². The molecule has 5 nitrogen and oxygen atoms in total. The number of nitrogens with zero attached hydrogens (tertiary/aromatic N) is 2. The fourth-order valence-corrected chi connectivity index (χ4v) is 3.55. The van der Waals surface area contributed by atoms with Gasteiger partial charge in [0.1, 0.15) is 5.00 Å². The van der Waals surface area contributed by atoms with Crippen molar-refractivity contribution in [3.05, 3.63) is 0 Å². The van der Waals surface area contributed by atoms with Gasteiger partial charge in [-0.05, 0) is 24.3 Å². The van der Waals surface area contributed by atoms with Crippen LogP contribution in [0.3, 0.4) is 0 Å². The molecule has 2 heterocycles. The number of nitrogen functional groups attached to an aromatic ring is 1. The monoisotopic (exact) mass is 288 g/mol. The highest BCUT2D eigenvalue weighted by Crippen LogP contribution is 2.34. The van der Waals surface area contributed by atoms with Gasteiger partial charge in [-0.3, -0.25) is 4.90 Å². The van der Waals surface area contributed by atoms with Crippen molar-refractivity contribution < 1.29 is 4.74 Å². The number of thioether (sulfide) groups is 1. The molecule has 0 aliphatic carbocycles. The van der Waals surface area contributed by atoms with Gasteiger partial charge in [0.2, 0.25) is 0 Å². The third-order valence-corrected chi connectivity index (χ3v) is 4.81. The maximum absolute atomic E-state index is 5.80. The molecule has 1 saturated heterocycles. The molecule has 102 valence electrons. The van der Waals surface area contributed by atoms with E-state index in [9.17, 15) is 0 Å². The molecular weight excluding hydrogens is 268 g/mol. The van der Waals surface area contributed by atoms with Crippen molar-refractivity contribution >= 4 is 34.1 Å². The second-order valence-electron chi connectivity index (χ2n) is 4.20. The normalized spacial score (nSPS) is 21.1. The SMILES string of the molecule is CCN1CCOC(CNc2snc(N)c2SC)C1. The van der Waals surface area contributed by atoms with Crippen LogP contribution < -0.4 is 11.1 Å². The van der Waals surface area contributed by atoms with Crippen LogP contribution in [0.5, 0.6) is 0 Å². The molecule has 1 aliphatic rings. The van der Waals surface area contributed by atoms with E-state index in [2.05, 4.69) is 21.5 Å². The molecule has 0 aromatic carbocycles. The van der Waals surface area contributed by atoms with E-state index in [0.717, 1.165) is 42.7 Å². The largest absolute Gasteiger partial charge is 0.382 e. The van der Waals surface area contributed by atoms with Crippen molar-refractivity contribution in [2.75, 3.05) is 50.1 Å². The molecule has 1 aliphatic heterocycles. The molecule has 18 heavy (non-hydrogen) atoms. The second-order valence-corrected chi connectivity index (χ2v) is 5.79. The van der Waals surface area contributed by atoms with Crippen molar-refractivity contribution in [1.29, 1.82) is 0 Å². The Morgan fingerprint density at radius 1 is 1.67 bits per heavy atom. The number of likely N-dealkylation sites (N-methyl/N-ethyl adjacent to an activating group) is 1. The quantitative estimate of drug-likeness (QED) is 0.802. The molecular formula is C11H20N4OS2. The van der Waals surface area contributed by atoms with Gasteiger partial charge in [0, 0.05) is 19.6 Å². The van der Waals surface area contributed by atoms with Gasteiger partial charge in [-0.15, -0.1) is 11.8 Å². The summed E-state index contributed by atoms with van der Waals surface area (Å²) in [6.07, 6.45) is 2.26. The van der Waals surface area contributed by atoms with Gasteiger partial charge >= 0.3 is 0 Å². The Morgan fingerprint density at radius 3 is 3.22 bits per heavy atom. The Bertz CT molecular complexity index is 385. The van der Waals surface area contributed by atoms with Gasteiger partial charge in [0.05, 0.1) is 17.6 Å². The van der Waals surface area contributed by atoms with E-state index in [1.54, 1.807) is 11.8 Å². The molecule has 1 aromatic heterocycles. The molecule has 1 atom stereocenters. The zero-order valence-corrected chi connectivity index (χ0v) is 12.4. The summed E-state index contributed by atoms with van der Waals surface area (Å²) in [5, 5.41) is 4.46. The van der Waals surface area contributed by atoms with E-state index < -0.39 is 0 Å². The van der Waals surface area contributed by atoms with Gasteiger partial charge in [-0.25, -0.2) is 0 Å². The summed E-state index contributed by atoms with van der Waals surface area (Å²) in [6.45, 7) is 6.93. The van der Waals surface area contributed by atoms with Gasteiger partial charge < -0.3 is 15.8 Å². The maximum Gasteiger partial charge on any atom is 0.153 e. The molecule has 7 heteroatoms.